The number of hydrogen-bond donors (Lipinski definition) is 1. The van der Waals surface area contributed by atoms with Crippen molar-refractivity contribution in [2.24, 2.45) is 0 Å². The van der Waals surface area contributed by atoms with E-state index in [9.17, 15) is 9.18 Å². The fourth-order valence-corrected chi connectivity index (χ4v) is 4.74. The summed E-state index contributed by atoms with van der Waals surface area (Å²) in [4.78, 5) is 25.9. The number of H-pyrrole nitrogens is 1. The SMILES string of the molecule is CC(=O)N(Cc1cc(Cl)cc(Cl)c1)[C@@H]1CCC[C@H](c2nc3nc(F)ccc3[nH]2)C1. The standard InChI is InChI=1S/C21H21Cl2FN4O/c1-12(29)28(11-13-7-15(22)10-16(23)8-13)17-4-2-3-14(9-17)20-25-18-5-6-19(24)26-21(18)27-20/h5-8,10,14,17H,2-4,9,11H2,1H3,(H,25,26,27)/t14-,17+/m0/s1. The number of fused-ring (bicyclic) bond motifs is 1. The molecule has 152 valence electrons. The van der Waals surface area contributed by atoms with Gasteiger partial charge < -0.3 is 9.88 Å². The number of rotatable bonds is 4. The molecule has 3 aromatic rings. The highest BCUT2D eigenvalue weighted by Gasteiger charge is 2.30. The molecule has 0 radical (unpaired) electrons. The molecular weight excluding hydrogens is 414 g/mol. The van der Waals surface area contributed by atoms with Gasteiger partial charge in [0.05, 0.1) is 5.52 Å². The van der Waals surface area contributed by atoms with Crippen LogP contribution < -0.4 is 0 Å². The van der Waals surface area contributed by atoms with Crippen LogP contribution in [0.25, 0.3) is 11.2 Å². The lowest BCUT2D eigenvalue weighted by molar-refractivity contribution is -0.132. The number of imidazole rings is 1. The third-order valence-corrected chi connectivity index (χ3v) is 5.92. The molecule has 1 saturated carbocycles. The Morgan fingerprint density at radius 2 is 1.97 bits per heavy atom. The Morgan fingerprint density at radius 3 is 2.69 bits per heavy atom. The number of aromatic amines is 1. The number of nitrogens with one attached hydrogen (secondary N) is 1. The van der Waals surface area contributed by atoms with Crippen molar-refractivity contribution >= 4 is 40.3 Å². The molecule has 2 atom stereocenters. The number of carbonyl (C=O) groups excluding carboxylic acids is 1. The fraction of sp³-hybridized carbons (Fsp3) is 0.381. The van der Waals surface area contributed by atoms with Crippen LogP contribution in [-0.2, 0) is 11.3 Å². The molecule has 0 aliphatic heterocycles. The Bertz CT molecular complexity index is 1030. The van der Waals surface area contributed by atoms with E-state index in [0.29, 0.717) is 22.2 Å². The Labute approximate surface area is 178 Å². The first-order chi connectivity index (χ1) is 13.9. The van der Waals surface area contributed by atoms with E-state index in [1.807, 2.05) is 17.0 Å². The summed E-state index contributed by atoms with van der Waals surface area (Å²) < 4.78 is 13.4. The average Bonchev–Trinajstić information content (AvgIpc) is 3.08. The highest BCUT2D eigenvalue weighted by molar-refractivity contribution is 6.34. The molecule has 1 aromatic carbocycles. The van der Waals surface area contributed by atoms with E-state index in [4.69, 9.17) is 23.2 Å². The van der Waals surface area contributed by atoms with Gasteiger partial charge in [-0.15, -0.1) is 0 Å². The van der Waals surface area contributed by atoms with Crippen LogP contribution in [-0.4, -0.2) is 31.8 Å². The highest BCUT2D eigenvalue weighted by Crippen LogP contribution is 2.35. The van der Waals surface area contributed by atoms with Crippen LogP contribution in [0.3, 0.4) is 0 Å². The van der Waals surface area contributed by atoms with Crippen molar-refractivity contribution in [3.8, 4) is 0 Å². The Morgan fingerprint density at radius 1 is 1.21 bits per heavy atom. The number of pyridine rings is 1. The molecule has 1 N–H and O–H groups in total. The van der Waals surface area contributed by atoms with Crippen molar-refractivity contribution < 1.29 is 9.18 Å². The zero-order valence-electron chi connectivity index (χ0n) is 16.0. The zero-order valence-corrected chi connectivity index (χ0v) is 17.5. The van der Waals surface area contributed by atoms with E-state index in [-0.39, 0.29) is 17.9 Å². The third-order valence-electron chi connectivity index (χ3n) is 5.48. The van der Waals surface area contributed by atoms with Gasteiger partial charge in [0, 0.05) is 35.5 Å². The molecular formula is C21H21Cl2FN4O. The van der Waals surface area contributed by atoms with Crippen molar-refractivity contribution in [2.45, 2.75) is 51.1 Å². The van der Waals surface area contributed by atoms with Crippen LogP contribution in [0.5, 0.6) is 0 Å². The topological polar surface area (TPSA) is 61.9 Å². The van der Waals surface area contributed by atoms with Crippen LogP contribution in [0, 0.1) is 5.95 Å². The number of aromatic nitrogens is 3. The Balaban J connectivity index is 1.55. The van der Waals surface area contributed by atoms with Gasteiger partial charge in [0.25, 0.3) is 0 Å². The van der Waals surface area contributed by atoms with Gasteiger partial charge in [-0.3, -0.25) is 4.79 Å². The number of hydrogen-bond acceptors (Lipinski definition) is 3. The normalized spacial score (nSPS) is 19.4. The van der Waals surface area contributed by atoms with E-state index in [0.717, 1.165) is 42.6 Å². The quantitative estimate of drug-likeness (QED) is 0.552. The van der Waals surface area contributed by atoms with Gasteiger partial charge in [-0.2, -0.15) is 9.37 Å². The fourth-order valence-electron chi connectivity index (χ4n) is 4.17. The molecule has 0 bridgehead atoms. The molecule has 0 unspecified atom stereocenters. The van der Waals surface area contributed by atoms with Gasteiger partial charge in [-0.1, -0.05) is 29.6 Å². The first-order valence-electron chi connectivity index (χ1n) is 9.63. The number of nitrogens with zero attached hydrogens (tertiary/aromatic N) is 3. The van der Waals surface area contributed by atoms with Crippen LogP contribution in [0.2, 0.25) is 10.0 Å². The number of amides is 1. The van der Waals surface area contributed by atoms with E-state index >= 15 is 0 Å². The predicted octanol–water partition coefficient (Wildman–Crippen LogP) is 5.48. The summed E-state index contributed by atoms with van der Waals surface area (Å²) in [5.41, 5.74) is 2.02. The summed E-state index contributed by atoms with van der Waals surface area (Å²) in [5, 5.41) is 1.11. The van der Waals surface area contributed by atoms with Crippen molar-refractivity contribution in [3.05, 3.63) is 57.7 Å². The molecule has 0 saturated heterocycles. The summed E-state index contributed by atoms with van der Waals surface area (Å²) >= 11 is 12.2. The molecule has 4 rings (SSSR count). The van der Waals surface area contributed by atoms with E-state index < -0.39 is 5.95 Å². The second-order valence-corrected chi connectivity index (χ2v) is 8.44. The third kappa shape index (κ3) is 4.54. The van der Waals surface area contributed by atoms with Gasteiger partial charge in [-0.25, -0.2) is 4.98 Å². The van der Waals surface area contributed by atoms with Crippen molar-refractivity contribution in [1.29, 1.82) is 0 Å². The van der Waals surface area contributed by atoms with Crippen LogP contribution in [0.1, 0.15) is 49.9 Å². The van der Waals surface area contributed by atoms with Crippen molar-refractivity contribution in [2.75, 3.05) is 0 Å². The highest BCUT2D eigenvalue weighted by atomic mass is 35.5. The first kappa shape index (κ1) is 20.1. The van der Waals surface area contributed by atoms with E-state index in [1.165, 1.54) is 6.07 Å². The van der Waals surface area contributed by atoms with Gasteiger partial charge in [0.15, 0.2) is 5.65 Å². The number of halogens is 3. The first-order valence-corrected chi connectivity index (χ1v) is 10.4. The minimum absolute atomic E-state index is 0.0140. The number of carbonyl (C=O) groups is 1. The minimum atomic E-state index is -0.542. The van der Waals surface area contributed by atoms with E-state index in [2.05, 4.69) is 15.0 Å². The predicted molar refractivity (Wildman–Crippen MR) is 112 cm³/mol. The zero-order chi connectivity index (χ0) is 20.5. The molecule has 29 heavy (non-hydrogen) atoms. The average molecular weight is 435 g/mol. The monoisotopic (exact) mass is 434 g/mol. The molecule has 2 heterocycles. The summed E-state index contributed by atoms with van der Waals surface area (Å²) in [6.45, 7) is 2.05. The second kappa shape index (κ2) is 8.28. The van der Waals surface area contributed by atoms with Gasteiger partial charge in [-0.05, 0) is 55.2 Å². The molecule has 1 amide bonds. The lowest BCUT2D eigenvalue weighted by Gasteiger charge is -2.36. The Hall–Kier alpha value is -2.18. The maximum atomic E-state index is 13.4. The molecule has 1 aliphatic rings. The molecule has 2 aromatic heterocycles. The van der Waals surface area contributed by atoms with Crippen molar-refractivity contribution in [1.82, 2.24) is 19.9 Å². The molecule has 0 spiro atoms. The number of benzene rings is 1. The lowest BCUT2D eigenvalue weighted by Crippen LogP contribution is -2.41. The van der Waals surface area contributed by atoms with Crippen LogP contribution in [0.4, 0.5) is 4.39 Å². The molecule has 5 nitrogen and oxygen atoms in total. The van der Waals surface area contributed by atoms with E-state index in [1.54, 1.807) is 19.1 Å². The Kier molecular flexibility index (Phi) is 5.74. The summed E-state index contributed by atoms with van der Waals surface area (Å²) in [7, 11) is 0. The minimum Gasteiger partial charge on any atom is -0.340 e. The largest absolute Gasteiger partial charge is 0.340 e. The summed E-state index contributed by atoms with van der Waals surface area (Å²) in [6, 6.07) is 8.41. The molecule has 1 fully saturated rings. The van der Waals surface area contributed by atoms with Crippen molar-refractivity contribution in [3.63, 3.8) is 0 Å². The summed E-state index contributed by atoms with van der Waals surface area (Å²) in [5.74, 6) is 0.438. The second-order valence-electron chi connectivity index (χ2n) is 7.57. The van der Waals surface area contributed by atoms with Gasteiger partial charge in [0.2, 0.25) is 11.9 Å². The maximum Gasteiger partial charge on any atom is 0.219 e. The summed E-state index contributed by atoms with van der Waals surface area (Å²) in [6.07, 6.45) is 3.66. The van der Waals surface area contributed by atoms with Crippen LogP contribution >= 0.6 is 23.2 Å². The molecule has 1 aliphatic carbocycles. The lowest BCUT2D eigenvalue weighted by atomic mass is 9.84. The smallest absolute Gasteiger partial charge is 0.219 e. The molecule has 8 heteroatoms. The van der Waals surface area contributed by atoms with Gasteiger partial charge >= 0.3 is 0 Å². The van der Waals surface area contributed by atoms with Gasteiger partial charge in [0.1, 0.15) is 5.82 Å². The van der Waals surface area contributed by atoms with Crippen LogP contribution in [0.15, 0.2) is 30.3 Å². The maximum absolute atomic E-state index is 13.4.